The van der Waals surface area contributed by atoms with Crippen molar-refractivity contribution in [1.29, 1.82) is 0 Å². The van der Waals surface area contributed by atoms with E-state index in [-0.39, 0.29) is 5.91 Å². The van der Waals surface area contributed by atoms with Gasteiger partial charge >= 0.3 is 0 Å². The Labute approximate surface area is 219 Å². The van der Waals surface area contributed by atoms with E-state index in [9.17, 15) is 13.2 Å². The average molecular weight is 525 g/mol. The molecule has 0 unspecified atom stereocenters. The largest absolute Gasteiger partial charge is 0.384 e. The van der Waals surface area contributed by atoms with Gasteiger partial charge in [-0.3, -0.25) is 9.78 Å². The zero-order valence-corrected chi connectivity index (χ0v) is 22.7. The SMILES string of the molecule is CCN(CC)C(=O)c1ccc(-c2cc(NCCCN3CCN(S(C)(=O)=O)CC3)c3cnccc3n2)cc1. The van der Waals surface area contributed by atoms with Gasteiger partial charge in [0, 0.05) is 80.4 Å². The number of pyridine rings is 2. The number of fused-ring (bicyclic) bond motifs is 1. The Kier molecular flexibility index (Phi) is 8.73. The number of benzene rings is 1. The zero-order valence-electron chi connectivity index (χ0n) is 21.9. The molecule has 3 heterocycles. The van der Waals surface area contributed by atoms with Crippen LogP contribution in [0.15, 0.2) is 48.8 Å². The summed E-state index contributed by atoms with van der Waals surface area (Å²) in [6, 6.07) is 11.6. The first kappa shape index (κ1) is 27.0. The van der Waals surface area contributed by atoms with Crippen molar-refractivity contribution in [1.82, 2.24) is 24.1 Å². The number of piperazine rings is 1. The van der Waals surface area contributed by atoms with E-state index >= 15 is 0 Å². The smallest absolute Gasteiger partial charge is 0.253 e. The van der Waals surface area contributed by atoms with Crippen LogP contribution in [0.5, 0.6) is 0 Å². The summed E-state index contributed by atoms with van der Waals surface area (Å²) >= 11 is 0. The summed E-state index contributed by atoms with van der Waals surface area (Å²) in [6.45, 7) is 9.63. The van der Waals surface area contributed by atoms with Gasteiger partial charge in [0.25, 0.3) is 5.91 Å². The molecule has 0 spiro atoms. The summed E-state index contributed by atoms with van der Waals surface area (Å²) in [7, 11) is -3.11. The van der Waals surface area contributed by atoms with Crippen molar-refractivity contribution in [2.75, 3.05) is 63.9 Å². The minimum absolute atomic E-state index is 0.0363. The van der Waals surface area contributed by atoms with Crippen LogP contribution in [0.3, 0.4) is 0 Å². The molecular weight excluding hydrogens is 488 g/mol. The van der Waals surface area contributed by atoms with Crippen molar-refractivity contribution in [2.24, 2.45) is 0 Å². The number of nitrogens with zero attached hydrogens (tertiary/aromatic N) is 5. The molecule has 10 heteroatoms. The Balaban J connectivity index is 1.42. The first-order valence-electron chi connectivity index (χ1n) is 12.9. The van der Waals surface area contributed by atoms with E-state index in [0.717, 1.165) is 60.4 Å². The highest BCUT2D eigenvalue weighted by Gasteiger charge is 2.22. The molecule has 37 heavy (non-hydrogen) atoms. The Morgan fingerprint density at radius 3 is 2.41 bits per heavy atom. The first-order valence-corrected chi connectivity index (χ1v) is 14.7. The lowest BCUT2D eigenvalue weighted by Crippen LogP contribution is -2.48. The monoisotopic (exact) mass is 524 g/mol. The summed E-state index contributed by atoms with van der Waals surface area (Å²) in [5.74, 6) is 0.0363. The van der Waals surface area contributed by atoms with Crippen molar-refractivity contribution in [3.8, 4) is 11.3 Å². The predicted octanol–water partition coefficient (Wildman–Crippen LogP) is 3.16. The molecular formula is C27H36N6O3S. The first-order chi connectivity index (χ1) is 17.8. The van der Waals surface area contributed by atoms with E-state index in [1.54, 1.807) is 10.5 Å². The highest BCUT2D eigenvalue weighted by atomic mass is 32.2. The summed E-state index contributed by atoms with van der Waals surface area (Å²) < 4.78 is 25.0. The number of nitrogens with one attached hydrogen (secondary N) is 1. The summed E-state index contributed by atoms with van der Waals surface area (Å²) in [6.07, 6.45) is 5.77. The molecule has 0 saturated carbocycles. The van der Waals surface area contributed by atoms with Gasteiger partial charge in [0.15, 0.2) is 0 Å². The van der Waals surface area contributed by atoms with E-state index in [4.69, 9.17) is 4.98 Å². The number of aromatic nitrogens is 2. The van der Waals surface area contributed by atoms with E-state index in [1.165, 1.54) is 6.26 Å². The lowest BCUT2D eigenvalue weighted by atomic mass is 10.1. The number of anilines is 1. The van der Waals surface area contributed by atoms with Crippen LogP contribution in [-0.4, -0.2) is 97.0 Å². The highest BCUT2D eigenvalue weighted by Crippen LogP contribution is 2.28. The third-order valence-corrected chi connectivity index (χ3v) is 8.16. The minimum Gasteiger partial charge on any atom is -0.384 e. The summed E-state index contributed by atoms with van der Waals surface area (Å²) in [4.78, 5) is 25.9. The molecule has 0 radical (unpaired) electrons. The van der Waals surface area contributed by atoms with Crippen molar-refractivity contribution in [3.63, 3.8) is 0 Å². The standard InChI is InChI=1S/C27H36N6O3S/c1-4-32(5-2)27(34)22-9-7-21(8-10-22)25-19-26(23-20-28-13-11-24(23)30-25)29-12-6-14-31-15-17-33(18-16-31)37(3,35)36/h7-11,13,19-20H,4-6,12,14-18H2,1-3H3,(H,29,30). The minimum atomic E-state index is -3.11. The average Bonchev–Trinajstić information content (AvgIpc) is 2.91. The summed E-state index contributed by atoms with van der Waals surface area (Å²) in [5.41, 5.74) is 4.28. The van der Waals surface area contributed by atoms with E-state index < -0.39 is 10.0 Å². The second-order valence-electron chi connectivity index (χ2n) is 9.29. The zero-order chi connectivity index (χ0) is 26.4. The van der Waals surface area contributed by atoms with Gasteiger partial charge < -0.3 is 15.1 Å². The topological polar surface area (TPSA) is 98.7 Å². The van der Waals surface area contributed by atoms with Crippen molar-refractivity contribution < 1.29 is 13.2 Å². The van der Waals surface area contributed by atoms with Crippen LogP contribution in [0.4, 0.5) is 5.69 Å². The maximum absolute atomic E-state index is 12.7. The van der Waals surface area contributed by atoms with E-state index in [0.29, 0.717) is 31.7 Å². The predicted molar refractivity (Wildman–Crippen MR) is 148 cm³/mol. The number of hydrogen-bond donors (Lipinski definition) is 1. The van der Waals surface area contributed by atoms with Gasteiger partial charge in [-0.2, -0.15) is 4.31 Å². The van der Waals surface area contributed by atoms with Gasteiger partial charge in [-0.05, 0) is 51.1 Å². The Hall–Kier alpha value is -3.08. The maximum atomic E-state index is 12.7. The second-order valence-corrected chi connectivity index (χ2v) is 11.3. The van der Waals surface area contributed by atoms with Crippen molar-refractivity contribution in [3.05, 3.63) is 54.4 Å². The molecule has 1 aliphatic heterocycles. The van der Waals surface area contributed by atoms with Crippen LogP contribution in [0.25, 0.3) is 22.2 Å². The van der Waals surface area contributed by atoms with Crippen LogP contribution >= 0.6 is 0 Å². The molecule has 2 aromatic heterocycles. The lowest BCUT2D eigenvalue weighted by molar-refractivity contribution is 0.0773. The van der Waals surface area contributed by atoms with Crippen molar-refractivity contribution >= 4 is 32.5 Å². The molecule has 1 amide bonds. The number of sulfonamides is 1. The number of carbonyl (C=O) groups excluding carboxylic acids is 1. The fraction of sp³-hybridized carbons (Fsp3) is 0.444. The Morgan fingerprint density at radius 1 is 1.05 bits per heavy atom. The van der Waals surface area contributed by atoms with Gasteiger partial charge in [0.1, 0.15) is 0 Å². The number of amides is 1. The molecule has 9 nitrogen and oxygen atoms in total. The Morgan fingerprint density at radius 2 is 1.76 bits per heavy atom. The fourth-order valence-corrected chi connectivity index (χ4v) is 5.48. The van der Waals surface area contributed by atoms with Gasteiger partial charge in [-0.25, -0.2) is 13.4 Å². The molecule has 1 aliphatic rings. The lowest BCUT2D eigenvalue weighted by Gasteiger charge is -2.33. The van der Waals surface area contributed by atoms with Gasteiger partial charge in [-0.15, -0.1) is 0 Å². The van der Waals surface area contributed by atoms with Crippen molar-refractivity contribution in [2.45, 2.75) is 20.3 Å². The van der Waals surface area contributed by atoms with Gasteiger partial charge in [0.2, 0.25) is 10.0 Å². The number of hydrogen-bond acceptors (Lipinski definition) is 7. The third kappa shape index (κ3) is 6.63. The van der Waals surface area contributed by atoms with Gasteiger partial charge in [0.05, 0.1) is 17.5 Å². The number of carbonyl (C=O) groups is 1. The van der Waals surface area contributed by atoms with E-state index in [2.05, 4.69) is 15.2 Å². The maximum Gasteiger partial charge on any atom is 0.253 e. The third-order valence-electron chi connectivity index (χ3n) is 6.86. The fourth-order valence-electron chi connectivity index (χ4n) is 4.65. The van der Waals surface area contributed by atoms with Crippen LogP contribution in [0.2, 0.25) is 0 Å². The van der Waals surface area contributed by atoms with Crippen LogP contribution < -0.4 is 5.32 Å². The van der Waals surface area contributed by atoms with Gasteiger partial charge in [-0.1, -0.05) is 12.1 Å². The molecule has 1 saturated heterocycles. The van der Waals surface area contributed by atoms with Crippen LogP contribution in [0, 0.1) is 0 Å². The number of rotatable bonds is 10. The van der Waals surface area contributed by atoms with E-state index in [1.807, 2.05) is 61.3 Å². The molecule has 4 rings (SSSR count). The molecule has 1 fully saturated rings. The molecule has 1 aromatic carbocycles. The summed E-state index contributed by atoms with van der Waals surface area (Å²) in [5, 5.41) is 4.52. The highest BCUT2D eigenvalue weighted by molar-refractivity contribution is 7.88. The molecule has 0 bridgehead atoms. The Bertz CT molecular complexity index is 1320. The molecule has 0 atom stereocenters. The molecule has 3 aromatic rings. The van der Waals surface area contributed by atoms with Crippen LogP contribution in [0.1, 0.15) is 30.6 Å². The molecule has 1 N–H and O–H groups in total. The molecule has 198 valence electrons. The molecule has 0 aliphatic carbocycles. The van der Waals surface area contributed by atoms with Crippen LogP contribution in [-0.2, 0) is 10.0 Å². The normalized spacial score (nSPS) is 15.1. The second kappa shape index (κ2) is 12.0. The quantitative estimate of drug-likeness (QED) is 0.407.